The Morgan fingerprint density at radius 2 is 2.18 bits per heavy atom. The Morgan fingerprint density at radius 3 is 2.82 bits per heavy atom. The number of piperidine rings is 1. The predicted molar refractivity (Wildman–Crippen MR) is 86.2 cm³/mol. The van der Waals surface area contributed by atoms with Gasteiger partial charge in [-0.15, -0.1) is 10.2 Å². The number of fused-ring (bicyclic) bond motifs is 2. The number of benzene rings is 1. The average molecular weight is 332 g/mol. The molecule has 2 aliphatic rings. The maximum Gasteiger partial charge on any atom is 0.251 e. The van der Waals surface area contributed by atoms with Gasteiger partial charge in [0, 0.05) is 22.5 Å². The van der Waals surface area contributed by atoms with Crippen LogP contribution in [0.5, 0.6) is 0 Å². The Morgan fingerprint density at radius 1 is 1.32 bits per heavy atom. The van der Waals surface area contributed by atoms with Crippen LogP contribution in [0.3, 0.4) is 0 Å². The first-order chi connectivity index (χ1) is 10.8. The van der Waals surface area contributed by atoms with Crippen LogP contribution in [0.2, 0.25) is 0 Å². The number of nitrogens with one attached hydrogen (secondary N) is 2. The van der Waals surface area contributed by atoms with Crippen LogP contribution in [0.4, 0.5) is 0 Å². The minimum atomic E-state index is 0.0202. The van der Waals surface area contributed by atoms with Gasteiger partial charge in [0.1, 0.15) is 5.51 Å². The van der Waals surface area contributed by atoms with E-state index in [1.54, 1.807) is 17.3 Å². The first-order valence-electron chi connectivity index (χ1n) is 7.36. The Balaban J connectivity index is 1.38. The van der Waals surface area contributed by atoms with Crippen molar-refractivity contribution in [3.63, 3.8) is 0 Å². The standard InChI is InChI=1S/C15H16N4OS2/c20-14(18-13-6-9-5-12(13)16-7-9)10-1-3-11(4-2-10)22-15-19-17-8-21-15/h1-4,8-9,12-13,16H,5-7H2,(H,18,20). The summed E-state index contributed by atoms with van der Waals surface area (Å²) in [6.45, 7) is 1.11. The zero-order valence-corrected chi connectivity index (χ0v) is 13.5. The van der Waals surface area contributed by atoms with Crippen molar-refractivity contribution in [2.75, 3.05) is 6.54 Å². The third kappa shape index (κ3) is 2.88. The van der Waals surface area contributed by atoms with E-state index in [9.17, 15) is 4.79 Å². The lowest BCUT2D eigenvalue weighted by Crippen LogP contribution is -2.47. The van der Waals surface area contributed by atoms with Crippen molar-refractivity contribution >= 4 is 29.0 Å². The molecule has 1 aromatic carbocycles. The molecule has 7 heteroatoms. The lowest BCUT2D eigenvalue weighted by molar-refractivity contribution is 0.0928. The zero-order chi connectivity index (χ0) is 14.9. The minimum absolute atomic E-state index is 0.0202. The molecule has 1 aliphatic carbocycles. The molecule has 2 heterocycles. The van der Waals surface area contributed by atoms with Crippen LogP contribution in [-0.2, 0) is 0 Å². The van der Waals surface area contributed by atoms with Gasteiger partial charge in [0.2, 0.25) is 0 Å². The number of hydrogen-bond acceptors (Lipinski definition) is 6. The van der Waals surface area contributed by atoms with E-state index in [0.717, 1.165) is 28.1 Å². The van der Waals surface area contributed by atoms with Crippen molar-refractivity contribution in [1.29, 1.82) is 0 Å². The molecule has 0 spiro atoms. The highest BCUT2D eigenvalue weighted by molar-refractivity contribution is 8.01. The summed E-state index contributed by atoms with van der Waals surface area (Å²) in [4.78, 5) is 13.4. The maximum absolute atomic E-state index is 12.3. The van der Waals surface area contributed by atoms with E-state index in [1.165, 1.54) is 17.8 Å². The number of carbonyl (C=O) groups excluding carboxylic acids is 1. The topological polar surface area (TPSA) is 66.9 Å². The zero-order valence-electron chi connectivity index (χ0n) is 11.9. The molecule has 3 unspecified atom stereocenters. The number of hydrogen-bond donors (Lipinski definition) is 2. The molecule has 1 saturated carbocycles. The van der Waals surface area contributed by atoms with Crippen molar-refractivity contribution in [2.24, 2.45) is 5.92 Å². The summed E-state index contributed by atoms with van der Waals surface area (Å²) in [5.41, 5.74) is 2.43. The number of amides is 1. The highest BCUT2D eigenvalue weighted by Gasteiger charge is 2.39. The fourth-order valence-corrected chi connectivity index (χ4v) is 4.70. The molecule has 1 saturated heterocycles. The Labute approximate surface area is 136 Å². The summed E-state index contributed by atoms with van der Waals surface area (Å²) >= 11 is 3.07. The van der Waals surface area contributed by atoms with Gasteiger partial charge in [-0.3, -0.25) is 4.79 Å². The van der Waals surface area contributed by atoms with Gasteiger partial charge in [0.15, 0.2) is 4.34 Å². The summed E-state index contributed by atoms with van der Waals surface area (Å²) in [7, 11) is 0. The fourth-order valence-electron chi connectivity index (χ4n) is 3.25. The molecule has 2 N–H and O–H groups in total. The molecule has 1 aromatic heterocycles. The molecule has 5 nitrogen and oxygen atoms in total. The second kappa shape index (κ2) is 5.98. The Kier molecular flexibility index (Phi) is 3.85. The van der Waals surface area contributed by atoms with Crippen molar-refractivity contribution in [1.82, 2.24) is 20.8 Å². The Bertz CT molecular complexity index is 659. The lowest BCUT2D eigenvalue weighted by Gasteiger charge is -2.24. The number of carbonyl (C=O) groups is 1. The molecule has 2 fully saturated rings. The van der Waals surface area contributed by atoms with Gasteiger partial charge in [0.25, 0.3) is 5.91 Å². The predicted octanol–water partition coefficient (Wildman–Crippen LogP) is 2.17. The Hall–Kier alpha value is -1.44. The highest BCUT2D eigenvalue weighted by Crippen LogP contribution is 2.31. The SMILES string of the molecule is O=C(NC1CC2CNC1C2)c1ccc(Sc2nncs2)cc1. The number of aromatic nitrogens is 2. The lowest BCUT2D eigenvalue weighted by atomic mass is 10.1. The van der Waals surface area contributed by atoms with Crippen LogP contribution in [0.25, 0.3) is 0 Å². The van der Waals surface area contributed by atoms with Gasteiger partial charge >= 0.3 is 0 Å². The smallest absolute Gasteiger partial charge is 0.251 e. The monoisotopic (exact) mass is 332 g/mol. The van der Waals surface area contributed by atoms with Gasteiger partial charge in [-0.2, -0.15) is 0 Å². The second-order valence-corrected chi connectivity index (χ2v) is 7.92. The van der Waals surface area contributed by atoms with Gasteiger partial charge < -0.3 is 10.6 Å². The van der Waals surface area contributed by atoms with Crippen LogP contribution < -0.4 is 10.6 Å². The third-order valence-corrected chi connectivity index (χ3v) is 6.09. The van der Waals surface area contributed by atoms with Gasteiger partial charge in [-0.05, 0) is 49.6 Å². The molecule has 0 radical (unpaired) electrons. The summed E-state index contributed by atoms with van der Waals surface area (Å²) in [6, 6.07) is 8.40. The molecule has 114 valence electrons. The molecule has 1 aliphatic heterocycles. The fraction of sp³-hybridized carbons (Fsp3) is 0.400. The van der Waals surface area contributed by atoms with Gasteiger partial charge in [0.05, 0.1) is 0 Å². The van der Waals surface area contributed by atoms with E-state index in [1.807, 2.05) is 24.3 Å². The molecular formula is C15H16N4OS2. The molecule has 2 bridgehead atoms. The van der Waals surface area contributed by atoms with Crippen LogP contribution in [-0.4, -0.2) is 34.7 Å². The molecule has 1 amide bonds. The number of nitrogens with zero attached hydrogens (tertiary/aromatic N) is 2. The average Bonchev–Trinajstić information content (AvgIpc) is 3.25. The van der Waals surface area contributed by atoms with Crippen molar-refractivity contribution < 1.29 is 4.79 Å². The molecule has 2 aromatic rings. The van der Waals surface area contributed by atoms with Crippen LogP contribution in [0.15, 0.2) is 39.0 Å². The van der Waals surface area contributed by atoms with E-state index < -0.39 is 0 Å². The first-order valence-corrected chi connectivity index (χ1v) is 9.06. The summed E-state index contributed by atoms with van der Waals surface area (Å²) in [5, 5.41) is 14.5. The van der Waals surface area contributed by atoms with Crippen molar-refractivity contribution in [3.8, 4) is 0 Å². The summed E-state index contributed by atoms with van der Waals surface area (Å²) < 4.78 is 0.908. The normalized spacial score (nSPS) is 26.3. The second-order valence-electron chi connectivity index (χ2n) is 5.76. The van der Waals surface area contributed by atoms with Crippen LogP contribution >= 0.6 is 23.1 Å². The van der Waals surface area contributed by atoms with E-state index >= 15 is 0 Å². The quantitative estimate of drug-likeness (QED) is 0.898. The molecule has 3 atom stereocenters. The maximum atomic E-state index is 12.3. The summed E-state index contributed by atoms with van der Waals surface area (Å²) in [6.07, 6.45) is 2.30. The minimum Gasteiger partial charge on any atom is -0.348 e. The largest absolute Gasteiger partial charge is 0.348 e. The van der Waals surface area contributed by atoms with Gasteiger partial charge in [-0.25, -0.2) is 0 Å². The van der Waals surface area contributed by atoms with Crippen molar-refractivity contribution in [3.05, 3.63) is 35.3 Å². The highest BCUT2D eigenvalue weighted by atomic mass is 32.2. The third-order valence-electron chi connectivity index (χ3n) is 4.31. The van der Waals surface area contributed by atoms with Crippen molar-refractivity contribution in [2.45, 2.75) is 34.2 Å². The van der Waals surface area contributed by atoms with E-state index in [-0.39, 0.29) is 11.9 Å². The molecular weight excluding hydrogens is 316 g/mol. The van der Waals surface area contributed by atoms with Gasteiger partial charge in [-0.1, -0.05) is 23.1 Å². The molecule has 22 heavy (non-hydrogen) atoms. The van der Waals surface area contributed by atoms with E-state index in [4.69, 9.17) is 0 Å². The molecule has 4 rings (SSSR count). The number of rotatable bonds is 4. The first kappa shape index (κ1) is 14.2. The van der Waals surface area contributed by atoms with Crippen LogP contribution in [0.1, 0.15) is 23.2 Å². The van der Waals surface area contributed by atoms with Crippen LogP contribution in [0, 0.1) is 5.92 Å². The van der Waals surface area contributed by atoms with E-state index in [2.05, 4.69) is 20.8 Å². The van der Waals surface area contributed by atoms with E-state index in [0.29, 0.717) is 11.6 Å². The summed E-state index contributed by atoms with van der Waals surface area (Å²) in [5.74, 6) is 0.757.